The van der Waals surface area contributed by atoms with Crippen molar-refractivity contribution in [3.05, 3.63) is 59.2 Å². The molecule has 2 aromatic rings. The summed E-state index contributed by atoms with van der Waals surface area (Å²) >= 11 is 1.80. The first-order chi connectivity index (χ1) is 11.1. The van der Waals surface area contributed by atoms with Gasteiger partial charge in [0.05, 0.1) is 0 Å². The molecule has 130 valence electrons. The number of pyridine rings is 1. The molecule has 0 aliphatic carbocycles. The summed E-state index contributed by atoms with van der Waals surface area (Å²) in [6.07, 6.45) is 4.64. The first kappa shape index (κ1) is 19.0. The van der Waals surface area contributed by atoms with Gasteiger partial charge in [-0.15, -0.1) is 11.8 Å². The SMILES string of the molecule is CC(C)(C)c1cc(SCCc2ccncc2)cc(C(C)(C)C)c1F. The number of halogens is 1. The Hall–Kier alpha value is -1.35. The Balaban J connectivity index is 2.26. The van der Waals surface area contributed by atoms with Crippen molar-refractivity contribution in [2.24, 2.45) is 0 Å². The topological polar surface area (TPSA) is 12.9 Å². The fourth-order valence-corrected chi connectivity index (χ4v) is 3.58. The molecule has 0 spiro atoms. The van der Waals surface area contributed by atoms with E-state index in [1.165, 1.54) is 5.56 Å². The van der Waals surface area contributed by atoms with E-state index in [1.54, 1.807) is 11.8 Å². The fraction of sp³-hybridized carbons (Fsp3) is 0.476. The van der Waals surface area contributed by atoms with Crippen LogP contribution in [0, 0.1) is 5.82 Å². The number of rotatable bonds is 4. The van der Waals surface area contributed by atoms with Crippen molar-refractivity contribution in [1.29, 1.82) is 0 Å². The molecule has 0 bridgehead atoms. The van der Waals surface area contributed by atoms with Crippen molar-refractivity contribution in [2.75, 3.05) is 5.75 Å². The molecule has 0 atom stereocenters. The number of thioether (sulfide) groups is 1. The second-order valence-corrected chi connectivity index (χ2v) is 9.45. The Bertz CT molecular complexity index is 646. The molecule has 0 amide bonds. The van der Waals surface area contributed by atoms with Gasteiger partial charge in [0, 0.05) is 23.0 Å². The van der Waals surface area contributed by atoms with E-state index in [2.05, 4.69) is 46.5 Å². The summed E-state index contributed by atoms with van der Waals surface area (Å²) in [6.45, 7) is 12.4. The normalized spacial score (nSPS) is 12.5. The van der Waals surface area contributed by atoms with Crippen molar-refractivity contribution >= 4 is 11.8 Å². The maximum absolute atomic E-state index is 15.0. The van der Waals surface area contributed by atoms with Crippen molar-refractivity contribution in [1.82, 2.24) is 4.98 Å². The summed E-state index contributed by atoms with van der Waals surface area (Å²) in [5.74, 6) is 0.927. The minimum Gasteiger partial charge on any atom is -0.265 e. The Morgan fingerprint density at radius 1 is 0.917 bits per heavy atom. The van der Waals surface area contributed by atoms with Gasteiger partial charge < -0.3 is 0 Å². The zero-order valence-corrected chi connectivity index (χ0v) is 16.4. The Labute approximate surface area is 150 Å². The number of nitrogens with zero attached hydrogens (tertiary/aromatic N) is 1. The first-order valence-electron chi connectivity index (χ1n) is 8.45. The van der Waals surface area contributed by atoms with Crippen LogP contribution in [0.1, 0.15) is 58.2 Å². The number of benzene rings is 1. The summed E-state index contributed by atoms with van der Waals surface area (Å²) in [5, 5.41) is 0. The molecular weight excluding hydrogens is 317 g/mol. The van der Waals surface area contributed by atoms with Gasteiger partial charge in [-0.3, -0.25) is 4.98 Å². The molecule has 0 radical (unpaired) electrons. The van der Waals surface area contributed by atoms with Gasteiger partial charge in [-0.2, -0.15) is 0 Å². The molecule has 1 nitrogen and oxygen atoms in total. The Morgan fingerprint density at radius 3 is 1.88 bits per heavy atom. The van der Waals surface area contributed by atoms with Crippen molar-refractivity contribution < 1.29 is 4.39 Å². The lowest BCUT2D eigenvalue weighted by molar-refractivity contribution is 0.479. The van der Waals surface area contributed by atoms with Gasteiger partial charge >= 0.3 is 0 Å². The second kappa shape index (κ2) is 7.26. The predicted octanol–water partition coefficient (Wildman–Crippen LogP) is 6.15. The third-order valence-corrected chi connectivity index (χ3v) is 5.05. The summed E-state index contributed by atoms with van der Waals surface area (Å²) in [7, 11) is 0. The van der Waals surface area contributed by atoms with Gasteiger partial charge in [-0.1, -0.05) is 41.5 Å². The molecule has 0 saturated carbocycles. The number of aryl methyl sites for hydroxylation is 1. The van der Waals surface area contributed by atoms with Gasteiger partial charge in [0.15, 0.2) is 0 Å². The third kappa shape index (κ3) is 4.83. The van der Waals surface area contributed by atoms with Crippen LogP contribution in [0.2, 0.25) is 0 Å². The molecule has 1 heterocycles. The molecule has 0 saturated heterocycles. The van der Waals surface area contributed by atoms with E-state index in [-0.39, 0.29) is 16.6 Å². The van der Waals surface area contributed by atoms with Gasteiger partial charge in [0.25, 0.3) is 0 Å². The molecule has 1 aromatic heterocycles. The largest absolute Gasteiger partial charge is 0.265 e. The molecule has 1 aromatic carbocycles. The minimum absolute atomic E-state index is 0.0477. The number of hydrogen-bond acceptors (Lipinski definition) is 2. The van der Waals surface area contributed by atoms with E-state index in [0.29, 0.717) is 0 Å². The van der Waals surface area contributed by atoms with Gasteiger partial charge in [0.2, 0.25) is 0 Å². The van der Waals surface area contributed by atoms with Crippen LogP contribution in [-0.4, -0.2) is 10.7 Å². The van der Waals surface area contributed by atoms with E-state index >= 15 is 4.39 Å². The lowest BCUT2D eigenvalue weighted by Crippen LogP contribution is -2.20. The second-order valence-electron chi connectivity index (χ2n) is 8.29. The smallest absolute Gasteiger partial charge is 0.130 e. The van der Waals surface area contributed by atoms with E-state index in [1.807, 2.05) is 36.7 Å². The quantitative estimate of drug-likeness (QED) is 0.616. The molecule has 2 rings (SSSR count). The first-order valence-corrected chi connectivity index (χ1v) is 9.44. The lowest BCUT2D eigenvalue weighted by atomic mass is 9.80. The maximum atomic E-state index is 15.0. The summed E-state index contributed by atoms with van der Waals surface area (Å²) in [4.78, 5) is 5.20. The van der Waals surface area contributed by atoms with Gasteiger partial charge in [0.1, 0.15) is 5.82 Å². The summed E-state index contributed by atoms with van der Waals surface area (Å²) in [6, 6.07) is 8.16. The molecule has 0 aliphatic rings. The van der Waals surface area contributed by atoms with Crippen LogP contribution in [0.3, 0.4) is 0 Å². The Kier molecular flexibility index (Phi) is 5.74. The average Bonchev–Trinajstić information content (AvgIpc) is 2.47. The molecule has 0 aliphatic heterocycles. The van der Waals surface area contributed by atoms with E-state index < -0.39 is 0 Å². The highest BCUT2D eigenvalue weighted by atomic mass is 32.2. The Morgan fingerprint density at radius 2 is 1.42 bits per heavy atom. The highest BCUT2D eigenvalue weighted by Crippen LogP contribution is 2.36. The average molecular weight is 346 g/mol. The predicted molar refractivity (Wildman–Crippen MR) is 102 cm³/mol. The van der Waals surface area contributed by atoms with Crippen LogP contribution in [0.4, 0.5) is 4.39 Å². The number of hydrogen-bond donors (Lipinski definition) is 0. The zero-order valence-electron chi connectivity index (χ0n) is 15.6. The van der Waals surface area contributed by atoms with Gasteiger partial charge in [-0.05, 0) is 58.2 Å². The van der Waals surface area contributed by atoms with Crippen LogP contribution in [0.25, 0.3) is 0 Å². The van der Waals surface area contributed by atoms with Crippen LogP contribution in [0.15, 0.2) is 41.6 Å². The molecule has 24 heavy (non-hydrogen) atoms. The fourth-order valence-electron chi connectivity index (χ4n) is 2.61. The molecule has 0 fully saturated rings. The van der Waals surface area contributed by atoms with Crippen molar-refractivity contribution in [3.8, 4) is 0 Å². The highest BCUT2D eigenvalue weighted by Gasteiger charge is 2.26. The van der Waals surface area contributed by atoms with Crippen molar-refractivity contribution in [2.45, 2.75) is 63.7 Å². The van der Waals surface area contributed by atoms with Crippen LogP contribution in [-0.2, 0) is 17.3 Å². The molecule has 0 N–H and O–H groups in total. The monoisotopic (exact) mass is 345 g/mol. The van der Waals surface area contributed by atoms with Crippen LogP contribution < -0.4 is 0 Å². The minimum atomic E-state index is -0.203. The highest BCUT2D eigenvalue weighted by molar-refractivity contribution is 7.99. The summed E-state index contributed by atoms with van der Waals surface area (Å²) < 4.78 is 15.0. The lowest BCUT2D eigenvalue weighted by Gasteiger charge is -2.27. The van der Waals surface area contributed by atoms with Crippen LogP contribution in [0.5, 0.6) is 0 Å². The number of aromatic nitrogens is 1. The standard InChI is InChI=1S/C21H28FNS/c1-20(2,3)17-13-16(14-18(19(17)22)21(4,5)6)24-12-9-15-7-10-23-11-8-15/h7-8,10-11,13-14H,9,12H2,1-6H3. The van der Waals surface area contributed by atoms with E-state index in [9.17, 15) is 0 Å². The molecular formula is C21H28FNS. The maximum Gasteiger partial charge on any atom is 0.130 e. The van der Waals surface area contributed by atoms with Gasteiger partial charge in [-0.25, -0.2) is 4.39 Å². The van der Waals surface area contributed by atoms with E-state index in [4.69, 9.17) is 0 Å². The van der Waals surface area contributed by atoms with E-state index in [0.717, 1.165) is 28.2 Å². The third-order valence-electron chi connectivity index (χ3n) is 4.07. The zero-order chi connectivity index (χ0) is 18.0. The molecule has 3 heteroatoms. The summed E-state index contributed by atoms with van der Waals surface area (Å²) in [5.41, 5.74) is 2.49. The molecule has 0 unspecified atom stereocenters. The van der Waals surface area contributed by atoms with Crippen molar-refractivity contribution in [3.63, 3.8) is 0 Å². The van der Waals surface area contributed by atoms with Crippen LogP contribution >= 0.6 is 11.8 Å².